The van der Waals surface area contributed by atoms with Gasteiger partial charge in [0.2, 0.25) is 0 Å². The van der Waals surface area contributed by atoms with Gasteiger partial charge in [-0.25, -0.2) is 9.18 Å². The summed E-state index contributed by atoms with van der Waals surface area (Å²) in [6.45, 7) is 2.17. The molecule has 146 valence electrons. The molecular formula is C20H18ClFN2O4. The SMILES string of the molecule is CCN1C(=O)N/C(=C/c2cc(Cl)c(OCc3ccc(F)cc3)c(OC)c2)C1=O. The number of ether oxygens (including phenoxy) is 2. The summed E-state index contributed by atoms with van der Waals surface area (Å²) < 4.78 is 24.1. The molecule has 1 fully saturated rings. The molecule has 0 aromatic heterocycles. The molecule has 0 radical (unpaired) electrons. The van der Waals surface area contributed by atoms with Crippen molar-refractivity contribution in [1.29, 1.82) is 0 Å². The van der Waals surface area contributed by atoms with E-state index in [4.69, 9.17) is 21.1 Å². The second-order valence-corrected chi connectivity index (χ2v) is 6.39. The third kappa shape index (κ3) is 4.09. The summed E-state index contributed by atoms with van der Waals surface area (Å²) in [6.07, 6.45) is 1.52. The predicted octanol–water partition coefficient (Wildman–Crippen LogP) is 3.98. The van der Waals surface area contributed by atoms with Gasteiger partial charge in [-0.1, -0.05) is 23.7 Å². The molecule has 1 N–H and O–H groups in total. The van der Waals surface area contributed by atoms with Crippen molar-refractivity contribution in [3.05, 3.63) is 64.1 Å². The number of urea groups is 1. The van der Waals surface area contributed by atoms with Gasteiger partial charge in [-0.05, 0) is 48.4 Å². The maximum atomic E-state index is 13.0. The Bertz CT molecular complexity index is 944. The molecule has 0 unspecified atom stereocenters. The minimum absolute atomic E-state index is 0.157. The number of likely N-dealkylation sites (N-methyl/N-ethyl adjacent to an activating group) is 1. The van der Waals surface area contributed by atoms with Crippen LogP contribution in [-0.2, 0) is 11.4 Å². The minimum Gasteiger partial charge on any atom is -0.493 e. The highest BCUT2D eigenvalue weighted by atomic mass is 35.5. The van der Waals surface area contributed by atoms with Crippen LogP contribution in [-0.4, -0.2) is 30.5 Å². The molecule has 1 aliphatic rings. The summed E-state index contributed by atoms with van der Waals surface area (Å²) in [5.41, 5.74) is 1.49. The molecule has 6 nitrogen and oxygen atoms in total. The van der Waals surface area contributed by atoms with Gasteiger partial charge in [-0.2, -0.15) is 0 Å². The fraction of sp³-hybridized carbons (Fsp3) is 0.200. The Morgan fingerprint density at radius 3 is 2.54 bits per heavy atom. The number of amides is 3. The first-order valence-corrected chi connectivity index (χ1v) is 8.90. The standard InChI is InChI=1S/C20H18ClFN2O4/c1-3-24-19(25)16(23-20(24)26)9-13-8-15(21)18(17(10-13)27-2)28-11-12-4-6-14(22)7-5-12/h4-10H,3,11H2,1-2H3,(H,23,26)/b16-9+. The molecule has 1 heterocycles. The molecule has 1 aliphatic heterocycles. The first kappa shape index (κ1) is 19.7. The quantitative estimate of drug-likeness (QED) is 0.584. The number of hydrogen-bond donors (Lipinski definition) is 1. The van der Waals surface area contributed by atoms with Crippen LogP contribution in [0.5, 0.6) is 11.5 Å². The normalized spacial score (nSPS) is 15.1. The predicted molar refractivity (Wildman–Crippen MR) is 103 cm³/mol. The van der Waals surface area contributed by atoms with Crippen molar-refractivity contribution in [2.24, 2.45) is 0 Å². The van der Waals surface area contributed by atoms with Crippen LogP contribution in [0.3, 0.4) is 0 Å². The lowest BCUT2D eigenvalue weighted by Gasteiger charge is -2.13. The Morgan fingerprint density at radius 2 is 1.93 bits per heavy atom. The first-order chi connectivity index (χ1) is 13.4. The number of benzene rings is 2. The molecule has 0 spiro atoms. The zero-order valence-electron chi connectivity index (χ0n) is 15.3. The molecule has 2 aromatic rings. The van der Waals surface area contributed by atoms with Gasteiger partial charge in [0.15, 0.2) is 11.5 Å². The molecular weight excluding hydrogens is 387 g/mol. The molecule has 8 heteroatoms. The van der Waals surface area contributed by atoms with Crippen molar-refractivity contribution in [1.82, 2.24) is 10.2 Å². The minimum atomic E-state index is -0.462. The molecule has 0 atom stereocenters. The Kier molecular flexibility index (Phi) is 5.84. The number of imide groups is 1. The Balaban J connectivity index is 1.83. The van der Waals surface area contributed by atoms with Crippen molar-refractivity contribution in [2.45, 2.75) is 13.5 Å². The van der Waals surface area contributed by atoms with E-state index in [0.29, 0.717) is 17.1 Å². The van der Waals surface area contributed by atoms with Gasteiger partial charge in [0.05, 0.1) is 12.1 Å². The first-order valence-electron chi connectivity index (χ1n) is 8.52. The number of carbonyl (C=O) groups is 2. The van der Waals surface area contributed by atoms with E-state index in [2.05, 4.69) is 5.32 Å². The molecule has 0 aliphatic carbocycles. The van der Waals surface area contributed by atoms with E-state index in [-0.39, 0.29) is 29.7 Å². The summed E-state index contributed by atoms with van der Waals surface area (Å²) >= 11 is 6.33. The second kappa shape index (κ2) is 8.31. The maximum Gasteiger partial charge on any atom is 0.328 e. The number of halogens is 2. The summed E-state index contributed by atoms with van der Waals surface area (Å²) in [7, 11) is 1.47. The average molecular weight is 405 g/mol. The smallest absolute Gasteiger partial charge is 0.328 e. The topological polar surface area (TPSA) is 67.9 Å². The number of methoxy groups -OCH3 is 1. The maximum absolute atomic E-state index is 13.0. The average Bonchev–Trinajstić information content (AvgIpc) is 2.94. The number of hydrogen-bond acceptors (Lipinski definition) is 4. The third-order valence-corrected chi connectivity index (χ3v) is 4.42. The van der Waals surface area contributed by atoms with Gasteiger partial charge < -0.3 is 14.8 Å². The van der Waals surface area contributed by atoms with E-state index < -0.39 is 11.9 Å². The lowest BCUT2D eigenvalue weighted by molar-refractivity contribution is -0.122. The lowest BCUT2D eigenvalue weighted by atomic mass is 10.1. The lowest BCUT2D eigenvalue weighted by Crippen LogP contribution is -2.30. The number of nitrogens with one attached hydrogen (secondary N) is 1. The van der Waals surface area contributed by atoms with Crippen LogP contribution < -0.4 is 14.8 Å². The number of nitrogens with zero attached hydrogens (tertiary/aromatic N) is 1. The summed E-state index contributed by atoms with van der Waals surface area (Å²) in [5.74, 6) is -0.0376. The fourth-order valence-electron chi connectivity index (χ4n) is 2.72. The Hall–Kier alpha value is -3.06. The van der Waals surface area contributed by atoms with Crippen molar-refractivity contribution >= 4 is 29.6 Å². The van der Waals surface area contributed by atoms with Crippen molar-refractivity contribution in [3.8, 4) is 11.5 Å². The monoisotopic (exact) mass is 404 g/mol. The highest BCUT2D eigenvalue weighted by Crippen LogP contribution is 2.37. The van der Waals surface area contributed by atoms with Crippen LogP contribution in [0.1, 0.15) is 18.1 Å². The van der Waals surface area contributed by atoms with E-state index in [1.54, 1.807) is 31.2 Å². The van der Waals surface area contributed by atoms with E-state index in [0.717, 1.165) is 10.5 Å². The fourth-order valence-corrected chi connectivity index (χ4v) is 3.00. The van der Waals surface area contributed by atoms with Gasteiger partial charge in [0, 0.05) is 6.54 Å². The number of carbonyl (C=O) groups excluding carboxylic acids is 2. The van der Waals surface area contributed by atoms with Crippen molar-refractivity contribution in [2.75, 3.05) is 13.7 Å². The second-order valence-electron chi connectivity index (χ2n) is 5.99. The summed E-state index contributed by atoms with van der Waals surface area (Å²) in [6, 6.07) is 8.71. The van der Waals surface area contributed by atoms with Gasteiger partial charge in [0.1, 0.15) is 18.1 Å². The molecule has 1 saturated heterocycles. The van der Waals surface area contributed by atoms with Gasteiger partial charge in [-0.3, -0.25) is 9.69 Å². The highest BCUT2D eigenvalue weighted by Gasteiger charge is 2.32. The van der Waals surface area contributed by atoms with Crippen LogP contribution in [0, 0.1) is 5.82 Å². The summed E-state index contributed by atoms with van der Waals surface area (Å²) in [5, 5.41) is 2.80. The van der Waals surface area contributed by atoms with Crippen LogP contribution in [0.4, 0.5) is 9.18 Å². The van der Waals surface area contributed by atoms with Gasteiger partial charge in [0.25, 0.3) is 5.91 Å². The van der Waals surface area contributed by atoms with Crippen LogP contribution in [0.2, 0.25) is 5.02 Å². The molecule has 28 heavy (non-hydrogen) atoms. The van der Waals surface area contributed by atoms with Gasteiger partial charge in [-0.15, -0.1) is 0 Å². The van der Waals surface area contributed by atoms with E-state index in [9.17, 15) is 14.0 Å². The molecule has 3 amide bonds. The number of rotatable bonds is 6. The Morgan fingerprint density at radius 1 is 1.21 bits per heavy atom. The third-order valence-electron chi connectivity index (χ3n) is 4.14. The van der Waals surface area contributed by atoms with E-state index >= 15 is 0 Å². The van der Waals surface area contributed by atoms with Gasteiger partial charge >= 0.3 is 6.03 Å². The molecule has 0 saturated carbocycles. The molecule has 2 aromatic carbocycles. The van der Waals surface area contributed by atoms with E-state index in [1.807, 2.05) is 0 Å². The van der Waals surface area contributed by atoms with E-state index in [1.165, 1.54) is 25.3 Å². The van der Waals surface area contributed by atoms with Crippen molar-refractivity contribution in [3.63, 3.8) is 0 Å². The van der Waals surface area contributed by atoms with Crippen molar-refractivity contribution < 1.29 is 23.5 Å². The highest BCUT2D eigenvalue weighted by molar-refractivity contribution is 6.32. The van der Waals surface area contributed by atoms with Crippen LogP contribution >= 0.6 is 11.6 Å². The molecule has 3 rings (SSSR count). The summed E-state index contributed by atoms with van der Waals surface area (Å²) in [4.78, 5) is 25.1. The van der Waals surface area contributed by atoms with Crippen LogP contribution in [0.25, 0.3) is 6.08 Å². The molecule has 0 bridgehead atoms. The van der Waals surface area contributed by atoms with Crippen LogP contribution in [0.15, 0.2) is 42.1 Å². The zero-order chi connectivity index (χ0) is 20.3. The largest absolute Gasteiger partial charge is 0.493 e. The zero-order valence-corrected chi connectivity index (χ0v) is 16.0. The Labute approximate surface area is 166 Å².